The highest BCUT2D eigenvalue weighted by Crippen LogP contribution is 2.28. The second-order valence-electron chi connectivity index (χ2n) is 6.13. The first-order chi connectivity index (χ1) is 10.8. The van der Waals surface area contributed by atoms with Crippen molar-refractivity contribution >= 4 is 28.7 Å². The van der Waals surface area contributed by atoms with Crippen LogP contribution in [-0.4, -0.2) is 18.1 Å². The van der Waals surface area contributed by atoms with Gasteiger partial charge in [0.1, 0.15) is 5.58 Å². The molecule has 23 heavy (non-hydrogen) atoms. The van der Waals surface area contributed by atoms with Crippen LogP contribution in [0.25, 0.3) is 17.0 Å². The molecule has 0 radical (unpaired) electrons. The van der Waals surface area contributed by atoms with Gasteiger partial charge in [0.15, 0.2) is 0 Å². The highest BCUT2D eigenvalue weighted by Gasteiger charge is 2.18. The highest BCUT2D eigenvalue weighted by atomic mass is 16.5. The van der Waals surface area contributed by atoms with Crippen LogP contribution in [0.1, 0.15) is 33.3 Å². The summed E-state index contributed by atoms with van der Waals surface area (Å²) in [6, 6.07) is 7.28. The zero-order chi connectivity index (χ0) is 17.0. The molecule has 0 fully saturated rings. The quantitative estimate of drug-likeness (QED) is 0.530. The predicted molar refractivity (Wildman–Crippen MR) is 91.5 cm³/mol. The number of carbonyl (C=O) groups excluding carboxylic acids is 1. The third-order valence-corrected chi connectivity index (χ3v) is 3.02. The van der Waals surface area contributed by atoms with Crippen molar-refractivity contribution in [3.8, 4) is 0 Å². The van der Waals surface area contributed by atoms with Crippen LogP contribution >= 0.6 is 0 Å². The van der Waals surface area contributed by atoms with Gasteiger partial charge in [0.25, 0.3) is 0 Å². The maximum atomic E-state index is 12.3. The van der Waals surface area contributed by atoms with Crippen molar-refractivity contribution in [2.24, 2.45) is 0 Å². The number of fused-ring (bicyclic) bond motifs is 1. The van der Waals surface area contributed by atoms with Crippen LogP contribution in [-0.2, 0) is 9.53 Å². The van der Waals surface area contributed by atoms with E-state index in [1.54, 1.807) is 19.1 Å². The van der Waals surface area contributed by atoms with Crippen LogP contribution in [0.15, 0.2) is 39.6 Å². The molecule has 0 amide bonds. The molecule has 5 nitrogen and oxygen atoms in total. The Morgan fingerprint density at radius 2 is 2.00 bits per heavy atom. The van der Waals surface area contributed by atoms with Crippen LogP contribution in [0, 0.1) is 0 Å². The van der Waals surface area contributed by atoms with E-state index in [2.05, 4.69) is 5.32 Å². The van der Waals surface area contributed by atoms with Crippen molar-refractivity contribution in [1.82, 2.24) is 0 Å². The minimum atomic E-state index is -0.504. The van der Waals surface area contributed by atoms with Gasteiger partial charge in [0.05, 0.1) is 17.9 Å². The van der Waals surface area contributed by atoms with Crippen LogP contribution in [0.4, 0.5) is 5.69 Å². The summed E-state index contributed by atoms with van der Waals surface area (Å²) >= 11 is 0. The molecule has 0 aliphatic heterocycles. The lowest BCUT2D eigenvalue weighted by Gasteiger charge is -2.24. The molecule has 0 atom stereocenters. The monoisotopic (exact) mass is 315 g/mol. The number of esters is 1. The largest absolute Gasteiger partial charge is 0.463 e. The fourth-order valence-electron chi connectivity index (χ4n) is 2.17. The Morgan fingerprint density at radius 1 is 1.30 bits per heavy atom. The molecule has 1 aromatic carbocycles. The van der Waals surface area contributed by atoms with E-state index < -0.39 is 11.6 Å². The van der Waals surface area contributed by atoms with Gasteiger partial charge < -0.3 is 14.5 Å². The first kappa shape index (κ1) is 16.8. The van der Waals surface area contributed by atoms with Gasteiger partial charge in [-0.15, -0.1) is 0 Å². The maximum Gasteiger partial charge on any atom is 0.345 e. The molecule has 0 aliphatic rings. The van der Waals surface area contributed by atoms with E-state index in [0.29, 0.717) is 16.8 Å². The fourth-order valence-corrected chi connectivity index (χ4v) is 2.17. The third-order valence-electron chi connectivity index (χ3n) is 3.02. The number of benzene rings is 1. The molecule has 0 saturated carbocycles. The number of ether oxygens (including phenoxy) is 1. The molecule has 2 rings (SSSR count). The minimum absolute atomic E-state index is 0.261. The molecule has 0 spiro atoms. The van der Waals surface area contributed by atoms with Gasteiger partial charge in [0, 0.05) is 17.0 Å². The summed E-state index contributed by atoms with van der Waals surface area (Å²) in [4.78, 5) is 23.8. The van der Waals surface area contributed by atoms with Gasteiger partial charge >= 0.3 is 11.6 Å². The van der Waals surface area contributed by atoms with E-state index >= 15 is 0 Å². The average Bonchev–Trinajstić information content (AvgIpc) is 2.45. The summed E-state index contributed by atoms with van der Waals surface area (Å²) < 4.78 is 10.2. The van der Waals surface area contributed by atoms with E-state index in [1.165, 1.54) is 12.2 Å². The number of hydrogen-bond acceptors (Lipinski definition) is 5. The van der Waals surface area contributed by atoms with E-state index in [9.17, 15) is 9.59 Å². The Labute approximate surface area is 134 Å². The van der Waals surface area contributed by atoms with E-state index in [4.69, 9.17) is 9.15 Å². The Morgan fingerprint density at radius 3 is 2.65 bits per heavy atom. The minimum Gasteiger partial charge on any atom is -0.463 e. The van der Waals surface area contributed by atoms with Crippen molar-refractivity contribution in [1.29, 1.82) is 0 Å². The molecule has 2 aromatic rings. The van der Waals surface area contributed by atoms with Gasteiger partial charge in [0.2, 0.25) is 0 Å². The summed E-state index contributed by atoms with van der Waals surface area (Å²) in [5, 5.41) is 4.11. The smallest absolute Gasteiger partial charge is 0.345 e. The Hall–Kier alpha value is -2.56. The third kappa shape index (κ3) is 4.22. The lowest BCUT2D eigenvalue weighted by Crippen LogP contribution is -2.28. The molecule has 5 heteroatoms. The fraction of sp³-hybridized carbons (Fsp3) is 0.333. The lowest BCUT2D eigenvalue weighted by molar-refractivity contribution is -0.137. The van der Waals surface area contributed by atoms with Crippen molar-refractivity contribution in [2.75, 3.05) is 11.9 Å². The number of anilines is 1. The molecule has 0 saturated heterocycles. The molecule has 0 aliphatic carbocycles. The number of nitrogens with one attached hydrogen (secondary N) is 1. The molecule has 1 aromatic heterocycles. The number of para-hydroxylation sites is 1. The van der Waals surface area contributed by atoms with E-state index in [1.807, 2.05) is 32.9 Å². The zero-order valence-electron chi connectivity index (χ0n) is 13.8. The van der Waals surface area contributed by atoms with Crippen LogP contribution in [0.2, 0.25) is 0 Å². The molecule has 0 unspecified atom stereocenters. The molecular formula is C18H21NO4. The SMILES string of the molecule is CCOC(=O)/C=C/c1c(NC(C)(C)C)c2ccccc2oc1=O. The second-order valence-corrected chi connectivity index (χ2v) is 6.13. The zero-order valence-corrected chi connectivity index (χ0v) is 13.8. The van der Waals surface area contributed by atoms with E-state index in [-0.39, 0.29) is 12.1 Å². The van der Waals surface area contributed by atoms with Gasteiger partial charge in [-0.05, 0) is 45.9 Å². The molecule has 1 N–H and O–H groups in total. The summed E-state index contributed by atoms with van der Waals surface area (Å²) in [6.45, 7) is 7.99. The first-order valence-corrected chi connectivity index (χ1v) is 7.50. The standard InChI is InChI=1S/C18H21NO4/c1-5-22-15(20)11-10-13-16(19-18(2,3)4)12-8-6-7-9-14(12)23-17(13)21/h6-11,19H,5H2,1-4H3/b11-10+. The second kappa shape index (κ2) is 6.69. The van der Waals surface area contributed by atoms with Crippen LogP contribution < -0.4 is 10.9 Å². The van der Waals surface area contributed by atoms with Gasteiger partial charge in [-0.2, -0.15) is 0 Å². The summed E-state index contributed by atoms with van der Waals surface area (Å²) in [5.74, 6) is -0.498. The van der Waals surface area contributed by atoms with Crippen molar-refractivity contribution in [2.45, 2.75) is 33.2 Å². The summed E-state index contributed by atoms with van der Waals surface area (Å²) in [7, 11) is 0. The highest BCUT2D eigenvalue weighted by molar-refractivity contribution is 5.96. The Kier molecular flexibility index (Phi) is 4.89. The molecule has 1 heterocycles. The lowest BCUT2D eigenvalue weighted by atomic mass is 10.0. The number of rotatable bonds is 4. The normalized spacial score (nSPS) is 11.8. The topological polar surface area (TPSA) is 68.5 Å². The molecule has 0 bridgehead atoms. The van der Waals surface area contributed by atoms with Gasteiger partial charge in [-0.3, -0.25) is 0 Å². The summed E-state index contributed by atoms with van der Waals surface area (Å²) in [6.07, 6.45) is 2.67. The summed E-state index contributed by atoms with van der Waals surface area (Å²) in [5.41, 5.74) is 0.674. The van der Waals surface area contributed by atoms with Crippen LogP contribution in [0.5, 0.6) is 0 Å². The number of hydrogen-bond donors (Lipinski definition) is 1. The van der Waals surface area contributed by atoms with Crippen molar-refractivity contribution in [3.63, 3.8) is 0 Å². The first-order valence-electron chi connectivity index (χ1n) is 7.50. The Balaban J connectivity index is 2.62. The average molecular weight is 315 g/mol. The van der Waals surface area contributed by atoms with E-state index in [0.717, 1.165) is 5.39 Å². The number of carbonyl (C=O) groups is 1. The Bertz CT molecular complexity index is 797. The molecular weight excluding hydrogens is 294 g/mol. The van der Waals surface area contributed by atoms with Crippen molar-refractivity contribution in [3.05, 3.63) is 46.3 Å². The van der Waals surface area contributed by atoms with Crippen LogP contribution in [0.3, 0.4) is 0 Å². The predicted octanol–water partition coefficient (Wildman–Crippen LogP) is 3.58. The van der Waals surface area contributed by atoms with Gasteiger partial charge in [-0.25, -0.2) is 9.59 Å². The molecule has 122 valence electrons. The van der Waals surface area contributed by atoms with Crippen molar-refractivity contribution < 1.29 is 13.9 Å². The maximum absolute atomic E-state index is 12.3. The van der Waals surface area contributed by atoms with Gasteiger partial charge in [-0.1, -0.05) is 12.1 Å².